The molecule has 0 saturated carbocycles. The highest BCUT2D eigenvalue weighted by Gasteiger charge is 2.25. The molecule has 2 amide bonds. The van der Waals surface area contributed by atoms with Crippen LogP contribution in [0.15, 0.2) is 22.8 Å². The van der Waals surface area contributed by atoms with Crippen LogP contribution in [0.1, 0.15) is 36.7 Å². The van der Waals surface area contributed by atoms with Crippen molar-refractivity contribution in [2.75, 3.05) is 39.3 Å². The van der Waals surface area contributed by atoms with E-state index in [1.807, 2.05) is 4.90 Å². The van der Waals surface area contributed by atoms with Crippen LogP contribution >= 0.6 is 0 Å². The molecule has 0 radical (unpaired) electrons. The standard InChI is InChI=1S/C16H25N3O3/c1-2-3-4-7-17-13-15(20)18-8-10-19(11-9-18)16(21)14-6-5-12-22-14/h5-6,12,17H,2-4,7-11,13H2,1H3. The Kier molecular flexibility index (Phi) is 6.45. The van der Waals surface area contributed by atoms with E-state index in [9.17, 15) is 9.59 Å². The second-order valence-corrected chi connectivity index (χ2v) is 5.53. The Labute approximate surface area is 131 Å². The highest BCUT2D eigenvalue weighted by atomic mass is 16.3. The van der Waals surface area contributed by atoms with Crippen molar-refractivity contribution in [2.45, 2.75) is 26.2 Å². The number of piperazine rings is 1. The van der Waals surface area contributed by atoms with Gasteiger partial charge in [0.1, 0.15) is 0 Å². The van der Waals surface area contributed by atoms with Crippen molar-refractivity contribution in [3.05, 3.63) is 24.2 Å². The molecule has 0 unspecified atom stereocenters. The number of unbranched alkanes of at least 4 members (excludes halogenated alkanes) is 2. The average molecular weight is 307 g/mol. The Bertz CT molecular complexity index is 465. The van der Waals surface area contributed by atoms with Crippen LogP contribution in [-0.4, -0.2) is 60.9 Å². The second kappa shape index (κ2) is 8.58. The van der Waals surface area contributed by atoms with Crippen molar-refractivity contribution in [1.82, 2.24) is 15.1 Å². The number of carbonyl (C=O) groups is 2. The van der Waals surface area contributed by atoms with Gasteiger partial charge in [-0.05, 0) is 25.1 Å². The zero-order valence-electron chi connectivity index (χ0n) is 13.2. The van der Waals surface area contributed by atoms with Gasteiger partial charge in [-0.25, -0.2) is 0 Å². The number of rotatable bonds is 7. The van der Waals surface area contributed by atoms with Crippen molar-refractivity contribution >= 4 is 11.8 Å². The van der Waals surface area contributed by atoms with Gasteiger partial charge >= 0.3 is 0 Å². The highest BCUT2D eigenvalue weighted by Crippen LogP contribution is 2.09. The summed E-state index contributed by atoms with van der Waals surface area (Å²) in [5, 5.41) is 3.19. The molecule has 22 heavy (non-hydrogen) atoms. The lowest BCUT2D eigenvalue weighted by atomic mass is 10.2. The topological polar surface area (TPSA) is 65.8 Å². The van der Waals surface area contributed by atoms with Crippen LogP contribution in [0.25, 0.3) is 0 Å². The van der Waals surface area contributed by atoms with Gasteiger partial charge in [-0.15, -0.1) is 0 Å². The first kappa shape index (κ1) is 16.5. The minimum atomic E-state index is -0.102. The number of nitrogens with zero attached hydrogens (tertiary/aromatic N) is 2. The van der Waals surface area contributed by atoms with Crippen molar-refractivity contribution in [2.24, 2.45) is 0 Å². The van der Waals surface area contributed by atoms with Crippen LogP contribution in [0.3, 0.4) is 0 Å². The summed E-state index contributed by atoms with van der Waals surface area (Å²) in [4.78, 5) is 27.8. The summed E-state index contributed by atoms with van der Waals surface area (Å²) in [6.45, 7) is 5.72. The molecule has 0 aromatic carbocycles. The predicted molar refractivity (Wildman–Crippen MR) is 83.6 cm³/mol. The van der Waals surface area contributed by atoms with E-state index in [4.69, 9.17) is 4.42 Å². The molecule has 6 nitrogen and oxygen atoms in total. The third-order valence-electron chi connectivity index (χ3n) is 3.88. The minimum absolute atomic E-state index is 0.102. The summed E-state index contributed by atoms with van der Waals surface area (Å²) < 4.78 is 5.13. The Morgan fingerprint density at radius 3 is 2.55 bits per heavy atom. The van der Waals surface area contributed by atoms with Crippen LogP contribution in [0, 0.1) is 0 Å². The summed E-state index contributed by atoms with van der Waals surface area (Å²) in [5.74, 6) is 0.369. The van der Waals surface area contributed by atoms with E-state index < -0.39 is 0 Å². The number of nitrogens with one attached hydrogen (secondary N) is 1. The molecule has 0 aliphatic carbocycles. The van der Waals surface area contributed by atoms with Gasteiger partial charge in [0.25, 0.3) is 5.91 Å². The van der Waals surface area contributed by atoms with E-state index in [2.05, 4.69) is 12.2 Å². The maximum atomic E-state index is 12.1. The minimum Gasteiger partial charge on any atom is -0.459 e. The first-order chi connectivity index (χ1) is 10.7. The molecule has 1 aliphatic heterocycles. The zero-order chi connectivity index (χ0) is 15.8. The zero-order valence-corrected chi connectivity index (χ0v) is 13.2. The average Bonchev–Trinajstić information content (AvgIpc) is 3.08. The number of furan rings is 1. The first-order valence-electron chi connectivity index (χ1n) is 8.03. The Morgan fingerprint density at radius 1 is 1.18 bits per heavy atom. The summed E-state index contributed by atoms with van der Waals surface area (Å²) >= 11 is 0. The monoisotopic (exact) mass is 307 g/mol. The molecule has 6 heteroatoms. The fourth-order valence-electron chi connectivity index (χ4n) is 2.52. The molecule has 1 aliphatic rings. The van der Waals surface area contributed by atoms with Crippen LogP contribution in [0.2, 0.25) is 0 Å². The van der Waals surface area contributed by atoms with Gasteiger partial charge in [-0.3, -0.25) is 9.59 Å². The van der Waals surface area contributed by atoms with Crippen LogP contribution in [0.5, 0.6) is 0 Å². The third kappa shape index (κ3) is 4.59. The molecule has 2 heterocycles. The van der Waals surface area contributed by atoms with E-state index >= 15 is 0 Å². The van der Waals surface area contributed by atoms with Gasteiger partial charge < -0.3 is 19.5 Å². The SMILES string of the molecule is CCCCCNCC(=O)N1CCN(C(=O)c2ccco2)CC1. The van der Waals surface area contributed by atoms with Gasteiger partial charge in [0.2, 0.25) is 5.91 Å². The Morgan fingerprint density at radius 2 is 1.91 bits per heavy atom. The predicted octanol–water partition coefficient (Wildman–Crippen LogP) is 1.34. The third-order valence-corrected chi connectivity index (χ3v) is 3.88. The lowest BCUT2D eigenvalue weighted by Crippen LogP contribution is -2.52. The molecule has 1 fully saturated rings. The quantitative estimate of drug-likeness (QED) is 0.772. The molecule has 2 rings (SSSR count). The van der Waals surface area contributed by atoms with E-state index in [1.54, 1.807) is 17.0 Å². The number of carbonyl (C=O) groups excluding carboxylic acids is 2. The maximum Gasteiger partial charge on any atom is 0.289 e. The lowest BCUT2D eigenvalue weighted by molar-refractivity contribution is -0.131. The Hall–Kier alpha value is -1.82. The number of hydrogen-bond donors (Lipinski definition) is 1. The van der Waals surface area contributed by atoms with Crippen LogP contribution < -0.4 is 5.32 Å². The molecule has 1 aromatic rings. The van der Waals surface area contributed by atoms with E-state index in [0.717, 1.165) is 13.0 Å². The molecular weight excluding hydrogens is 282 g/mol. The molecule has 1 saturated heterocycles. The molecule has 1 aromatic heterocycles. The molecule has 0 bridgehead atoms. The smallest absolute Gasteiger partial charge is 0.289 e. The van der Waals surface area contributed by atoms with Crippen molar-refractivity contribution in [1.29, 1.82) is 0 Å². The van der Waals surface area contributed by atoms with Gasteiger partial charge in [0, 0.05) is 26.2 Å². The van der Waals surface area contributed by atoms with Crippen LogP contribution in [0.4, 0.5) is 0 Å². The largest absolute Gasteiger partial charge is 0.459 e. The fourth-order valence-corrected chi connectivity index (χ4v) is 2.52. The van der Waals surface area contributed by atoms with Crippen molar-refractivity contribution < 1.29 is 14.0 Å². The Balaban J connectivity index is 1.68. The lowest BCUT2D eigenvalue weighted by Gasteiger charge is -2.34. The summed E-state index contributed by atoms with van der Waals surface area (Å²) in [7, 11) is 0. The van der Waals surface area contributed by atoms with Gasteiger partial charge in [0.15, 0.2) is 5.76 Å². The van der Waals surface area contributed by atoms with Crippen molar-refractivity contribution in [3.8, 4) is 0 Å². The van der Waals surface area contributed by atoms with Gasteiger partial charge in [-0.2, -0.15) is 0 Å². The maximum absolute atomic E-state index is 12.1. The molecular formula is C16H25N3O3. The molecule has 0 spiro atoms. The van der Waals surface area contributed by atoms with Crippen molar-refractivity contribution in [3.63, 3.8) is 0 Å². The van der Waals surface area contributed by atoms with E-state index in [-0.39, 0.29) is 11.8 Å². The van der Waals surface area contributed by atoms with Gasteiger partial charge in [0.05, 0.1) is 12.8 Å². The number of amides is 2. The van der Waals surface area contributed by atoms with E-state index in [1.165, 1.54) is 19.1 Å². The highest BCUT2D eigenvalue weighted by molar-refractivity contribution is 5.91. The molecule has 1 N–H and O–H groups in total. The van der Waals surface area contributed by atoms with E-state index in [0.29, 0.717) is 38.5 Å². The number of hydrogen-bond acceptors (Lipinski definition) is 4. The summed E-state index contributed by atoms with van der Waals surface area (Å²) in [6.07, 6.45) is 4.97. The molecule has 0 atom stereocenters. The summed E-state index contributed by atoms with van der Waals surface area (Å²) in [5.41, 5.74) is 0. The normalized spacial score (nSPS) is 15.1. The first-order valence-corrected chi connectivity index (χ1v) is 8.03. The molecule has 122 valence electrons. The fraction of sp³-hybridized carbons (Fsp3) is 0.625. The van der Waals surface area contributed by atoms with Gasteiger partial charge in [-0.1, -0.05) is 19.8 Å². The second-order valence-electron chi connectivity index (χ2n) is 5.53. The summed E-state index contributed by atoms with van der Waals surface area (Å²) in [6, 6.07) is 3.37. The van der Waals surface area contributed by atoms with Crippen LogP contribution in [-0.2, 0) is 4.79 Å².